The Labute approximate surface area is 121 Å². The number of halogens is 2. The Morgan fingerprint density at radius 2 is 2.32 bits per heavy atom. The lowest BCUT2D eigenvalue weighted by Crippen LogP contribution is -2.46. The van der Waals surface area contributed by atoms with Crippen LogP contribution in [0.3, 0.4) is 0 Å². The van der Waals surface area contributed by atoms with Crippen molar-refractivity contribution in [1.29, 1.82) is 5.26 Å². The van der Waals surface area contributed by atoms with Crippen molar-refractivity contribution in [2.24, 2.45) is 11.7 Å². The van der Waals surface area contributed by atoms with Gasteiger partial charge in [-0.3, -0.25) is 0 Å². The topological polar surface area (TPSA) is 53.0 Å². The van der Waals surface area contributed by atoms with Crippen LogP contribution in [0.1, 0.15) is 25.3 Å². The van der Waals surface area contributed by atoms with Gasteiger partial charge in [-0.15, -0.1) is 0 Å². The summed E-state index contributed by atoms with van der Waals surface area (Å²) in [4.78, 5) is 2.03. The van der Waals surface area contributed by atoms with Gasteiger partial charge in [0, 0.05) is 19.1 Å². The summed E-state index contributed by atoms with van der Waals surface area (Å²) in [5, 5.41) is 8.90. The van der Waals surface area contributed by atoms with E-state index in [9.17, 15) is 4.39 Å². The van der Waals surface area contributed by atoms with Gasteiger partial charge in [0.15, 0.2) is 5.82 Å². The van der Waals surface area contributed by atoms with Gasteiger partial charge in [0.05, 0.1) is 15.7 Å². The van der Waals surface area contributed by atoms with Crippen LogP contribution in [0.5, 0.6) is 0 Å². The van der Waals surface area contributed by atoms with Gasteiger partial charge in [0.1, 0.15) is 6.07 Å². The summed E-state index contributed by atoms with van der Waals surface area (Å²) in [7, 11) is 0. The predicted molar refractivity (Wildman–Crippen MR) is 77.4 cm³/mol. The molecule has 0 radical (unpaired) electrons. The van der Waals surface area contributed by atoms with E-state index in [2.05, 4.69) is 22.9 Å². The Bertz CT molecular complexity index is 512. The summed E-state index contributed by atoms with van der Waals surface area (Å²) >= 11 is 3.16. The van der Waals surface area contributed by atoms with Gasteiger partial charge in [-0.05, 0) is 46.8 Å². The predicted octanol–water partition coefficient (Wildman–Crippen LogP) is 3.02. The van der Waals surface area contributed by atoms with Crippen LogP contribution >= 0.6 is 15.9 Å². The Morgan fingerprint density at radius 3 is 2.95 bits per heavy atom. The van der Waals surface area contributed by atoms with Crippen LogP contribution in [0.25, 0.3) is 0 Å². The average Bonchev–Trinajstić information content (AvgIpc) is 2.42. The van der Waals surface area contributed by atoms with Gasteiger partial charge in [-0.2, -0.15) is 5.26 Å². The lowest BCUT2D eigenvalue weighted by Gasteiger charge is -2.39. The van der Waals surface area contributed by atoms with Crippen molar-refractivity contribution in [3.63, 3.8) is 0 Å². The van der Waals surface area contributed by atoms with Crippen LogP contribution in [0.2, 0.25) is 0 Å². The number of nitriles is 1. The van der Waals surface area contributed by atoms with Crippen molar-refractivity contribution in [3.05, 3.63) is 28.0 Å². The Hall–Kier alpha value is -1.12. The quantitative estimate of drug-likeness (QED) is 0.909. The van der Waals surface area contributed by atoms with E-state index in [1.54, 1.807) is 12.1 Å². The number of hydrogen-bond acceptors (Lipinski definition) is 3. The van der Waals surface area contributed by atoms with Crippen LogP contribution in [0.15, 0.2) is 16.6 Å². The number of nitrogens with two attached hydrogens (primary N) is 1. The molecule has 19 heavy (non-hydrogen) atoms. The molecule has 0 saturated carbocycles. The minimum atomic E-state index is -0.368. The van der Waals surface area contributed by atoms with E-state index in [1.165, 1.54) is 0 Å². The summed E-state index contributed by atoms with van der Waals surface area (Å²) < 4.78 is 14.6. The van der Waals surface area contributed by atoms with E-state index in [0.29, 0.717) is 23.7 Å². The van der Waals surface area contributed by atoms with Gasteiger partial charge in [0.2, 0.25) is 0 Å². The first-order valence-corrected chi connectivity index (χ1v) is 7.22. The Morgan fingerprint density at radius 1 is 1.58 bits per heavy atom. The van der Waals surface area contributed by atoms with Crippen molar-refractivity contribution in [1.82, 2.24) is 0 Å². The number of hydrogen-bond donors (Lipinski definition) is 1. The minimum absolute atomic E-state index is 0.165. The minimum Gasteiger partial charge on any atom is -0.365 e. The standard InChI is InChI=1S/C14H17BrFN3/c1-9-4-5-19(11(6-9)8-18)12-3-2-10(7-17)13(15)14(12)16/h2-3,9,11H,4-6,8,18H2,1H3. The third kappa shape index (κ3) is 2.75. The third-order valence-corrected chi connectivity index (χ3v) is 4.52. The second kappa shape index (κ2) is 5.89. The molecule has 3 nitrogen and oxygen atoms in total. The van der Waals surface area contributed by atoms with Gasteiger partial charge in [-0.1, -0.05) is 6.92 Å². The van der Waals surface area contributed by atoms with E-state index >= 15 is 0 Å². The van der Waals surface area contributed by atoms with Gasteiger partial charge in [0.25, 0.3) is 0 Å². The normalized spacial score (nSPS) is 23.2. The number of nitrogens with zero attached hydrogens (tertiary/aromatic N) is 2. The van der Waals surface area contributed by atoms with Crippen molar-refractivity contribution < 1.29 is 4.39 Å². The molecule has 2 rings (SSSR count). The second-order valence-electron chi connectivity index (χ2n) is 5.08. The molecule has 2 unspecified atom stereocenters. The maximum absolute atomic E-state index is 14.4. The maximum atomic E-state index is 14.4. The highest BCUT2D eigenvalue weighted by Gasteiger charge is 2.28. The molecule has 0 spiro atoms. The molecule has 2 N–H and O–H groups in total. The molecule has 1 fully saturated rings. The molecule has 0 aliphatic carbocycles. The van der Waals surface area contributed by atoms with Crippen molar-refractivity contribution >= 4 is 21.6 Å². The Kier molecular flexibility index (Phi) is 4.43. The molecule has 1 heterocycles. The van der Waals surface area contributed by atoms with E-state index in [-0.39, 0.29) is 16.3 Å². The molecule has 2 atom stereocenters. The number of piperidine rings is 1. The Balaban J connectivity index is 2.36. The van der Waals surface area contributed by atoms with E-state index in [0.717, 1.165) is 19.4 Å². The van der Waals surface area contributed by atoms with Crippen LogP contribution in [0.4, 0.5) is 10.1 Å². The first kappa shape index (κ1) is 14.3. The largest absolute Gasteiger partial charge is 0.365 e. The molecular weight excluding hydrogens is 309 g/mol. The number of rotatable bonds is 2. The third-order valence-electron chi connectivity index (χ3n) is 3.74. The zero-order chi connectivity index (χ0) is 14.0. The van der Waals surface area contributed by atoms with E-state index in [1.807, 2.05) is 11.0 Å². The zero-order valence-corrected chi connectivity index (χ0v) is 12.5. The zero-order valence-electron chi connectivity index (χ0n) is 10.9. The van der Waals surface area contributed by atoms with Gasteiger partial charge >= 0.3 is 0 Å². The summed E-state index contributed by atoms with van der Waals surface area (Å²) in [6.45, 7) is 3.52. The van der Waals surface area contributed by atoms with Crippen LogP contribution < -0.4 is 10.6 Å². The fourth-order valence-corrected chi connectivity index (χ4v) is 3.06. The van der Waals surface area contributed by atoms with Crippen LogP contribution in [0, 0.1) is 23.1 Å². The summed E-state index contributed by atoms with van der Waals surface area (Å²) in [6, 6.07) is 5.46. The van der Waals surface area contributed by atoms with Gasteiger partial charge < -0.3 is 10.6 Å². The highest BCUT2D eigenvalue weighted by molar-refractivity contribution is 9.10. The molecule has 5 heteroatoms. The number of anilines is 1. The fraction of sp³-hybridized carbons (Fsp3) is 0.500. The molecule has 1 aliphatic heterocycles. The van der Waals surface area contributed by atoms with Crippen LogP contribution in [-0.2, 0) is 0 Å². The maximum Gasteiger partial charge on any atom is 0.161 e. The molecule has 0 aromatic heterocycles. The highest BCUT2D eigenvalue weighted by atomic mass is 79.9. The highest BCUT2D eigenvalue weighted by Crippen LogP contribution is 2.33. The lowest BCUT2D eigenvalue weighted by atomic mass is 9.92. The molecule has 1 aromatic rings. The first-order valence-electron chi connectivity index (χ1n) is 6.43. The molecule has 0 bridgehead atoms. The molecule has 1 saturated heterocycles. The average molecular weight is 326 g/mol. The summed E-state index contributed by atoms with van der Waals surface area (Å²) in [5.41, 5.74) is 6.66. The van der Waals surface area contributed by atoms with Crippen molar-refractivity contribution in [2.45, 2.75) is 25.8 Å². The lowest BCUT2D eigenvalue weighted by molar-refractivity contribution is 0.363. The molecule has 102 valence electrons. The second-order valence-corrected chi connectivity index (χ2v) is 5.88. The SMILES string of the molecule is CC1CCN(c2ccc(C#N)c(Br)c2F)C(CN)C1. The van der Waals surface area contributed by atoms with Gasteiger partial charge in [-0.25, -0.2) is 4.39 Å². The molecule has 0 amide bonds. The smallest absolute Gasteiger partial charge is 0.161 e. The van der Waals surface area contributed by atoms with Crippen LogP contribution in [-0.4, -0.2) is 19.1 Å². The van der Waals surface area contributed by atoms with E-state index in [4.69, 9.17) is 11.0 Å². The monoisotopic (exact) mass is 325 g/mol. The van der Waals surface area contributed by atoms with Crippen molar-refractivity contribution in [2.75, 3.05) is 18.0 Å². The summed E-state index contributed by atoms with van der Waals surface area (Å²) in [6.07, 6.45) is 2.02. The molecule has 1 aromatic carbocycles. The summed E-state index contributed by atoms with van der Waals surface area (Å²) in [5.74, 6) is 0.252. The van der Waals surface area contributed by atoms with E-state index < -0.39 is 0 Å². The van der Waals surface area contributed by atoms with Crippen molar-refractivity contribution in [3.8, 4) is 6.07 Å². The molecule has 1 aliphatic rings. The molecular formula is C14H17BrFN3. The fourth-order valence-electron chi connectivity index (χ4n) is 2.64. The number of benzene rings is 1. The first-order chi connectivity index (χ1) is 9.08.